The lowest BCUT2D eigenvalue weighted by Gasteiger charge is -2.40. The first-order valence-corrected chi connectivity index (χ1v) is 6.45. The van der Waals surface area contributed by atoms with Crippen LogP contribution >= 0.6 is 11.3 Å². The summed E-state index contributed by atoms with van der Waals surface area (Å²) in [6, 6.07) is -0.749. The van der Waals surface area contributed by atoms with Gasteiger partial charge in [0.15, 0.2) is 6.10 Å². The molecule has 1 amide bonds. The molecule has 2 heterocycles. The maximum absolute atomic E-state index is 11.9. The molecule has 0 saturated carbocycles. The molecule has 1 aliphatic heterocycles. The number of morpholine rings is 1. The first-order valence-electron chi connectivity index (χ1n) is 5.57. The molecule has 98 valence electrons. The second-order valence-electron chi connectivity index (χ2n) is 4.28. The molecule has 0 aliphatic carbocycles. The lowest BCUT2D eigenvalue weighted by Crippen LogP contribution is -2.54. The second kappa shape index (κ2) is 5.03. The fourth-order valence-corrected chi connectivity index (χ4v) is 2.83. The zero-order valence-electron chi connectivity index (χ0n) is 10.1. The van der Waals surface area contributed by atoms with Crippen LogP contribution in [0.2, 0.25) is 0 Å². The summed E-state index contributed by atoms with van der Waals surface area (Å²) in [6.45, 7) is 3.50. The summed E-state index contributed by atoms with van der Waals surface area (Å²) < 4.78 is 5.14. The Morgan fingerprint density at radius 1 is 1.67 bits per heavy atom. The standard InChI is InChI=1S/C11H14N2O4S/c1-6(2)13-7(14)5-17-9(11(15)16)8(13)10-12-3-4-18-10/h3-4,6,8-9H,5H2,1-2H3,(H,15,16). The molecule has 6 nitrogen and oxygen atoms in total. The maximum atomic E-state index is 11.9. The van der Waals surface area contributed by atoms with Gasteiger partial charge in [0, 0.05) is 17.6 Å². The van der Waals surface area contributed by atoms with Gasteiger partial charge >= 0.3 is 5.97 Å². The predicted molar refractivity (Wildman–Crippen MR) is 64.2 cm³/mol. The quantitative estimate of drug-likeness (QED) is 0.883. The highest BCUT2D eigenvalue weighted by molar-refractivity contribution is 7.09. The first-order chi connectivity index (χ1) is 8.52. The summed E-state index contributed by atoms with van der Waals surface area (Å²) in [7, 11) is 0. The highest BCUT2D eigenvalue weighted by Crippen LogP contribution is 2.33. The highest BCUT2D eigenvalue weighted by Gasteiger charge is 2.44. The van der Waals surface area contributed by atoms with E-state index in [1.807, 2.05) is 13.8 Å². The largest absolute Gasteiger partial charge is 0.479 e. The number of amides is 1. The van der Waals surface area contributed by atoms with Gasteiger partial charge in [-0.05, 0) is 13.8 Å². The van der Waals surface area contributed by atoms with Gasteiger partial charge in [-0.3, -0.25) is 4.79 Å². The predicted octanol–water partition coefficient (Wildman–Crippen LogP) is 0.905. The second-order valence-corrected chi connectivity index (χ2v) is 5.21. The number of aromatic nitrogens is 1. The van der Waals surface area contributed by atoms with Crippen molar-refractivity contribution < 1.29 is 19.4 Å². The molecule has 2 rings (SSSR count). The number of carbonyl (C=O) groups is 2. The van der Waals surface area contributed by atoms with Crippen LogP contribution in [0.15, 0.2) is 11.6 Å². The number of hydrogen-bond donors (Lipinski definition) is 1. The van der Waals surface area contributed by atoms with Gasteiger partial charge in [-0.25, -0.2) is 9.78 Å². The van der Waals surface area contributed by atoms with Crippen molar-refractivity contribution in [3.8, 4) is 0 Å². The van der Waals surface area contributed by atoms with Crippen LogP contribution in [0, 0.1) is 0 Å². The highest BCUT2D eigenvalue weighted by atomic mass is 32.1. The summed E-state index contributed by atoms with van der Waals surface area (Å²) in [6.07, 6.45) is 0.535. The van der Waals surface area contributed by atoms with E-state index in [0.29, 0.717) is 5.01 Å². The zero-order valence-corrected chi connectivity index (χ0v) is 10.9. The van der Waals surface area contributed by atoms with Crippen molar-refractivity contribution in [1.29, 1.82) is 0 Å². The summed E-state index contributed by atoms with van der Waals surface area (Å²) >= 11 is 1.33. The van der Waals surface area contributed by atoms with Gasteiger partial charge in [-0.2, -0.15) is 0 Å². The van der Waals surface area contributed by atoms with Crippen LogP contribution in [0.1, 0.15) is 24.9 Å². The van der Waals surface area contributed by atoms with Gasteiger partial charge < -0.3 is 14.7 Å². The smallest absolute Gasteiger partial charge is 0.335 e. The lowest BCUT2D eigenvalue weighted by atomic mass is 10.1. The Hall–Kier alpha value is -1.47. The third-order valence-corrected chi connectivity index (χ3v) is 3.61. The Kier molecular flexibility index (Phi) is 3.63. The average molecular weight is 270 g/mol. The van der Waals surface area contributed by atoms with Crippen LogP contribution in [0.5, 0.6) is 0 Å². The topological polar surface area (TPSA) is 79.7 Å². The number of carbonyl (C=O) groups excluding carboxylic acids is 1. The minimum Gasteiger partial charge on any atom is -0.479 e. The van der Waals surface area contributed by atoms with Crippen LogP contribution in [0.25, 0.3) is 0 Å². The molecule has 1 N–H and O–H groups in total. The van der Waals surface area contributed by atoms with E-state index in [1.54, 1.807) is 16.5 Å². The van der Waals surface area contributed by atoms with Gasteiger partial charge in [0.2, 0.25) is 5.91 Å². The summed E-state index contributed by atoms with van der Waals surface area (Å²) in [5, 5.41) is 11.6. The van der Waals surface area contributed by atoms with Gasteiger partial charge in [-0.15, -0.1) is 11.3 Å². The molecule has 18 heavy (non-hydrogen) atoms. The number of rotatable bonds is 3. The molecule has 1 aromatic heterocycles. The van der Waals surface area contributed by atoms with E-state index in [1.165, 1.54) is 11.3 Å². The third kappa shape index (κ3) is 2.23. The van der Waals surface area contributed by atoms with Crippen molar-refractivity contribution in [3.05, 3.63) is 16.6 Å². The summed E-state index contributed by atoms with van der Waals surface area (Å²) in [5.41, 5.74) is 0. The molecule has 0 spiro atoms. The molecule has 7 heteroatoms. The van der Waals surface area contributed by atoms with Gasteiger partial charge in [0.05, 0.1) is 0 Å². The number of hydrogen-bond acceptors (Lipinski definition) is 5. The normalized spacial score (nSPS) is 24.6. The minimum absolute atomic E-state index is 0.0999. The van der Waals surface area contributed by atoms with Crippen molar-refractivity contribution in [2.45, 2.75) is 32.0 Å². The fraction of sp³-hybridized carbons (Fsp3) is 0.545. The number of nitrogens with zero attached hydrogens (tertiary/aromatic N) is 2. The van der Waals surface area contributed by atoms with E-state index >= 15 is 0 Å². The van der Waals surface area contributed by atoms with Crippen molar-refractivity contribution in [2.24, 2.45) is 0 Å². The number of carboxylic acids is 1. The van der Waals surface area contributed by atoms with Crippen molar-refractivity contribution in [1.82, 2.24) is 9.88 Å². The third-order valence-electron chi connectivity index (χ3n) is 2.76. The zero-order chi connectivity index (χ0) is 13.3. The average Bonchev–Trinajstić information content (AvgIpc) is 2.80. The van der Waals surface area contributed by atoms with E-state index in [2.05, 4.69) is 4.98 Å². The molecule has 0 bridgehead atoms. The Morgan fingerprint density at radius 3 is 2.89 bits per heavy atom. The molecular weight excluding hydrogens is 256 g/mol. The van der Waals surface area contributed by atoms with Crippen molar-refractivity contribution in [2.75, 3.05) is 6.61 Å². The molecule has 1 saturated heterocycles. The number of ether oxygens (including phenoxy) is 1. The number of thiazole rings is 1. The van der Waals surface area contributed by atoms with Gasteiger partial charge in [0.1, 0.15) is 17.7 Å². The molecule has 1 aliphatic rings. The Balaban J connectivity index is 2.41. The van der Waals surface area contributed by atoms with E-state index < -0.39 is 18.1 Å². The van der Waals surface area contributed by atoms with Crippen LogP contribution in [0.3, 0.4) is 0 Å². The Bertz CT molecular complexity index is 446. The van der Waals surface area contributed by atoms with Crippen LogP contribution < -0.4 is 0 Å². The summed E-state index contributed by atoms with van der Waals surface area (Å²) in [4.78, 5) is 28.8. The first kappa shape index (κ1) is 13.0. The molecular formula is C11H14N2O4S. The SMILES string of the molecule is CC(C)N1C(=O)COC(C(=O)O)C1c1nccs1. The molecule has 0 radical (unpaired) electrons. The maximum Gasteiger partial charge on any atom is 0.335 e. The Morgan fingerprint density at radius 2 is 2.39 bits per heavy atom. The number of aliphatic carboxylic acids is 1. The van der Waals surface area contributed by atoms with Crippen molar-refractivity contribution >= 4 is 23.2 Å². The molecule has 2 unspecified atom stereocenters. The molecule has 1 fully saturated rings. The van der Waals surface area contributed by atoms with E-state index in [4.69, 9.17) is 4.74 Å². The van der Waals surface area contributed by atoms with Crippen LogP contribution in [-0.2, 0) is 14.3 Å². The van der Waals surface area contributed by atoms with Crippen LogP contribution in [0.4, 0.5) is 0 Å². The Labute approximate surface area is 108 Å². The minimum atomic E-state index is -1.08. The van der Waals surface area contributed by atoms with Gasteiger partial charge in [-0.1, -0.05) is 0 Å². The molecule has 1 aromatic rings. The van der Waals surface area contributed by atoms with Crippen LogP contribution in [-0.4, -0.2) is 45.6 Å². The lowest BCUT2D eigenvalue weighted by molar-refractivity contribution is -0.175. The molecule has 0 aromatic carbocycles. The summed E-state index contributed by atoms with van der Waals surface area (Å²) in [5.74, 6) is -1.28. The fourth-order valence-electron chi connectivity index (χ4n) is 2.07. The van der Waals surface area contributed by atoms with Crippen molar-refractivity contribution in [3.63, 3.8) is 0 Å². The van der Waals surface area contributed by atoms with E-state index in [0.717, 1.165) is 0 Å². The monoisotopic (exact) mass is 270 g/mol. The van der Waals surface area contributed by atoms with Gasteiger partial charge in [0.25, 0.3) is 0 Å². The van der Waals surface area contributed by atoms with E-state index in [9.17, 15) is 14.7 Å². The number of carboxylic acid groups (broad SMARTS) is 1. The molecule has 2 atom stereocenters. The van der Waals surface area contributed by atoms with E-state index in [-0.39, 0.29) is 18.6 Å².